The average Bonchev–Trinajstić information content (AvgIpc) is 3.13. The van der Waals surface area contributed by atoms with Crippen LogP contribution in [-0.4, -0.2) is 52.9 Å². The zero-order chi connectivity index (χ0) is 21.7. The zero-order valence-corrected chi connectivity index (χ0v) is 17.7. The summed E-state index contributed by atoms with van der Waals surface area (Å²) in [5, 5.41) is 2.62. The molecule has 9 heteroatoms. The highest BCUT2D eigenvalue weighted by molar-refractivity contribution is 7.92. The molecule has 1 aliphatic rings. The van der Waals surface area contributed by atoms with E-state index in [-0.39, 0.29) is 12.1 Å². The van der Waals surface area contributed by atoms with Crippen LogP contribution in [-0.2, 0) is 26.0 Å². The highest BCUT2D eigenvalue weighted by atomic mass is 32.2. The monoisotopic (exact) mass is 432 g/mol. The lowest BCUT2D eigenvalue weighted by Crippen LogP contribution is -2.32. The smallest absolute Gasteiger partial charge is 0.338 e. The van der Waals surface area contributed by atoms with Gasteiger partial charge in [-0.3, -0.25) is 9.10 Å². The minimum Gasteiger partial charge on any atom is -0.492 e. The Balaban J connectivity index is 1.44. The molecule has 0 saturated heterocycles. The number of anilines is 1. The topological polar surface area (TPSA) is 102 Å². The van der Waals surface area contributed by atoms with Crippen LogP contribution in [0.4, 0.5) is 5.69 Å². The fraction of sp³-hybridized carbons (Fsp3) is 0.333. The Labute approximate surface area is 175 Å². The maximum atomic E-state index is 12.2. The van der Waals surface area contributed by atoms with Crippen LogP contribution >= 0.6 is 0 Å². The lowest BCUT2D eigenvalue weighted by molar-refractivity contribution is -0.124. The largest absolute Gasteiger partial charge is 0.492 e. The molecule has 0 fully saturated rings. The van der Waals surface area contributed by atoms with Gasteiger partial charge in [0.2, 0.25) is 10.0 Å². The fourth-order valence-corrected chi connectivity index (χ4v) is 4.13. The average molecular weight is 432 g/mol. The van der Waals surface area contributed by atoms with Crippen LogP contribution in [0.15, 0.2) is 42.5 Å². The third-order valence-corrected chi connectivity index (χ3v) is 5.77. The predicted molar refractivity (Wildman–Crippen MR) is 112 cm³/mol. The van der Waals surface area contributed by atoms with Crippen LogP contribution in [0, 0.1) is 6.92 Å². The van der Waals surface area contributed by atoms with Crippen LogP contribution in [0.5, 0.6) is 5.75 Å². The maximum absolute atomic E-state index is 12.2. The number of nitrogens with one attached hydrogen (secondary N) is 1. The van der Waals surface area contributed by atoms with E-state index in [4.69, 9.17) is 9.47 Å². The van der Waals surface area contributed by atoms with E-state index in [2.05, 4.69) is 5.32 Å². The number of aryl methyl sites for hydroxylation is 1. The standard InChI is InChI=1S/C21H24N2O6S/c1-15-4-3-5-18(12-15)28-11-9-22-20(24)14-29-21(25)17-6-7-19-16(13-17)8-10-23(19)30(2,26)27/h3-7,12-13H,8-11,14H2,1-2H3,(H,22,24). The van der Waals surface area contributed by atoms with Gasteiger partial charge in [0.15, 0.2) is 6.61 Å². The van der Waals surface area contributed by atoms with Crippen molar-refractivity contribution in [3.8, 4) is 5.75 Å². The summed E-state index contributed by atoms with van der Waals surface area (Å²) in [6.07, 6.45) is 1.67. The lowest BCUT2D eigenvalue weighted by Gasteiger charge is -2.16. The van der Waals surface area contributed by atoms with Crippen LogP contribution in [0.2, 0.25) is 0 Å². The molecule has 0 radical (unpaired) electrons. The van der Waals surface area contributed by atoms with E-state index in [0.29, 0.717) is 25.3 Å². The first-order valence-electron chi connectivity index (χ1n) is 9.48. The van der Waals surface area contributed by atoms with Gasteiger partial charge in [-0.1, -0.05) is 12.1 Å². The molecule has 0 bridgehead atoms. The van der Waals surface area contributed by atoms with Crippen molar-refractivity contribution in [1.29, 1.82) is 0 Å². The number of amides is 1. The van der Waals surface area contributed by atoms with E-state index in [1.54, 1.807) is 12.1 Å². The van der Waals surface area contributed by atoms with E-state index in [0.717, 1.165) is 23.1 Å². The van der Waals surface area contributed by atoms with Crippen molar-refractivity contribution in [2.75, 3.05) is 36.9 Å². The molecular weight excluding hydrogens is 408 g/mol. The molecule has 0 unspecified atom stereocenters. The molecule has 2 aromatic rings. The molecule has 0 aliphatic carbocycles. The van der Waals surface area contributed by atoms with Crippen LogP contribution in [0.3, 0.4) is 0 Å². The van der Waals surface area contributed by atoms with E-state index in [1.807, 2.05) is 31.2 Å². The number of carbonyl (C=O) groups is 2. The first kappa shape index (κ1) is 21.6. The number of nitrogens with zero attached hydrogens (tertiary/aromatic N) is 1. The minimum absolute atomic E-state index is 0.277. The number of fused-ring (bicyclic) bond motifs is 1. The third-order valence-electron chi connectivity index (χ3n) is 4.59. The highest BCUT2D eigenvalue weighted by Crippen LogP contribution is 2.30. The number of ether oxygens (including phenoxy) is 2. The fourth-order valence-electron chi connectivity index (χ4n) is 3.17. The lowest BCUT2D eigenvalue weighted by atomic mass is 10.1. The summed E-state index contributed by atoms with van der Waals surface area (Å²) in [7, 11) is -3.35. The summed E-state index contributed by atoms with van der Waals surface area (Å²) < 4.78 is 35.5. The van der Waals surface area contributed by atoms with Gasteiger partial charge in [-0.15, -0.1) is 0 Å². The maximum Gasteiger partial charge on any atom is 0.338 e. The van der Waals surface area contributed by atoms with Gasteiger partial charge in [-0.2, -0.15) is 0 Å². The third kappa shape index (κ3) is 5.50. The van der Waals surface area contributed by atoms with Crippen LogP contribution in [0.25, 0.3) is 0 Å². The van der Waals surface area contributed by atoms with Crippen molar-refractivity contribution in [1.82, 2.24) is 5.32 Å². The number of esters is 1. The van der Waals surface area contributed by atoms with Gasteiger partial charge in [-0.05, 0) is 54.8 Å². The van der Waals surface area contributed by atoms with Crippen molar-refractivity contribution >= 4 is 27.6 Å². The molecular formula is C21H24N2O6S. The molecule has 30 heavy (non-hydrogen) atoms. The number of carbonyl (C=O) groups excluding carboxylic acids is 2. The second-order valence-corrected chi connectivity index (χ2v) is 8.93. The summed E-state index contributed by atoms with van der Waals surface area (Å²) in [4.78, 5) is 24.1. The second-order valence-electron chi connectivity index (χ2n) is 7.02. The summed E-state index contributed by atoms with van der Waals surface area (Å²) in [6, 6.07) is 12.3. The Morgan fingerprint density at radius 3 is 2.70 bits per heavy atom. The molecule has 1 amide bonds. The van der Waals surface area contributed by atoms with Crippen molar-refractivity contribution in [2.45, 2.75) is 13.3 Å². The van der Waals surface area contributed by atoms with Gasteiger partial charge in [0.25, 0.3) is 5.91 Å². The molecule has 0 spiro atoms. The first-order chi connectivity index (χ1) is 14.2. The van der Waals surface area contributed by atoms with E-state index >= 15 is 0 Å². The van der Waals surface area contributed by atoms with Gasteiger partial charge in [0.05, 0.1) is 24.1 Å². The van der Waals surface area contributed by atoms with Crippen molar-refractivity contribution < 1.29 is 27.5 Å². The predicted octanol–water partition coefficient (Wildman–Crippen LogP) is 1.67. The van der Waals surface area contributed by atoms with E-state index < -0.39 is 28.5 Å². The summed E-state index contributed by atoms with van der Waals surface area (Å²) in [6.45, 7) is 2.48. The SMILES string of the molecule is Cc1cccc(OCCNC(=O)COC(=O)c2ccc3c(c2)CCN3S(C)(=O)=O)c1. The number of rotatable bonds is 8. The summed E-state index contributed by atoms with van der Waals surface area (Å²) in [5.41, 5.74) is 2.69. The summed E-state index contributed by atoms with van der Waals surface area (Å²) >= 11 is 0. The number of sulfonamides is 1. The van der Waals surface area contributed by atoms with Crippen LogP contribution in [0.1, 0.15) is 21.5 Å². The zero-order valence-electron chi connectivity index (χ0n) is 16.9. The number of hydrogen-bond donors (Lipinski definition) is 1. The Morgan fingerprint density at radius 1 is 1.17 bits per heavy atom. The molecule has 8 nitrogen and oxygen atoms in total. The molecule has 3 rings (SSSR count). The van der Waals surface area contributed by atoms with Gasteiger partial charge >= 0.3 is 5.97 Å². The normalized spacial score (nSPS) is 12.9. The molecule has 1 N–H and O–H groups in total. The molecule has 2 aromatic carbocycles. The molecule has 160 valence electrons. The molecule has 0 aromatic heterocycles. The van der Waals surface area contributed by atoms with Crippen LogP contribution < -0.4 is 14.4 Å². The minimum atomic E-state index is -3.35. The van der Waals surface area contributed by atoms with E-state index in [9.17, 15) is 18.0 Å². The van der Waals surface area contributed by atoms with Crippen molar-refractivity contribution in [2.24, 2.45) is 0 Å². The van der Waals surface area contributed by atoms with Gasteiger partial charge in [-0.25, -0.2) is 13.2 Å². The molecule has 1 heterocycles. The van der Waals surface area contributed by atoms with Crippen molar-refractivity contribution in [3.63, 3.8) is 0 Å². The molecule has 0 saturated carbocycles. The number of hydrogen-bond acceptors (Lipinski definition) is 6. The van der Waals surface area contributed by atoms with E-state index in [1.165, 1.54) is 10.4 Å². The Morgan fingerprint density at radius 2 is 1.97 bits per heavy atom. The number of benzene rings is 2. The Kier molecular flexibility index (Phi) is 6.61. The molecule has 1 aliphatic heterocycles. The molecule has 0 atom stereocenters. The first-order valence-corrected chi connectivity index (χ1v) is 11.3. The second kappa shape index (κ2) is 9.17. The quantitative estimate of drug-likeness (QED) is 0.503. The van der Waals surface area contributed by atoms with Crippen molar-refractivity contribution in [3.05, 3.63) is 59.2 Å². The Hall–Kier alpha value is -3.07. The van der Waals surface area contributed by atoms with Gasteiger partial charge < -0.3 is 14.8 Å². The van der Waals surface area contributed by atoms with Gasteiger partial charge in [0, 0.05) is 6.54 Å². The highest BCUT2D eigenvalue weighted by Gasteiger charge is 2.27. The van der Waals surface area contributed by atoms with Gasteiger partial charge in [0.1, 0.15) is 12.4 Å². The Bertz CT molecular complexity index is 1050. The summed E-state index contributed by atoms with van der Waals surface area (Å²) in [5.74, 6) is -0.343.